The summed E-state index contributed by atoms with van der Waals surface area (Å²) < 4.78 is 28.5. The Hall–Kier alpha value is -3.78. The molecule has 0 unspecified atom stereocenters. The van der Waals surface area contributed by atoms with Crippen LogP contribution in [0, 0.1) is 0 Å². The predicted molar refractivity (Wildman–Crippen MR) is 153 cm³/mol. The molecule has 1 N–H and O–H groups in total. The summed E-state index contributed by atoms with van der Waals surface area (Å²) in [4.78, 5) is 2.33. The fourth-order valence-electron chi connectivity index (χ4n) is 5.28. The summed E-state index contributed by atoms with van der Waals surface area (Å²) in [5.74, 6) is 3.46. The number of aliphatic hydroxyl groups is 1. The summed E-state index contributed by atoms with van der Waals surface area (Å²) in [6.45, 7) is 2.88. The minimum Gasteiger partial charge on any atom is -0.497 e. The third kappa shape index (κ3) is 6.17. The van der Waals surface area contributed by atoms with Crippen LogP contribution in [0.4, 0.5) is 0 Å². The van der Waals surface area contributed by atoms with Crippen molar-refractivity contribution in [2.24, 2.45) is 0 Å². The number of hydrogen-bond donors (Lipinski definition) is 1. The molecule has 210 valence electrons. The van der Waals surface area contributed by atoms with Crippen LogP contribution < -0.4 is 14.2 Å². The SMILES string of the molecule is COc1ccc(C(O)(c2ccc(OC)cc2)c2ccc(CN(Cc3cccc(OC)c3)C[C@@H]3CCCO3)o2)cc1. The van der Waals surface area contributed by atoms with Gasteiger partial charge < -0.3 is 28.5 Å². The zero-order valence-corrected chi connectivity index (χ0v) is 23.3. The molecule has 0 aliphatic carbocycles. The molecule has 1 saturated heterocycles. The van der Waals surface area contributed by atoms with Crippen molar-refractivity contribution in [3.8, 4) is 17.2 Å². The van der Waals surface area contributed by atoms with E-state index in [1.165, 1.54) is 0 Å². The molecule has 1 atom stereocenters. The fourth-order valence-corrected chi connectivity index (χ4v) is 5.28. The fraction of sp³-hybridized carbons (Fsp3) is 0.333. The zero-order chi connectivity index (χ0) is 28.0. The van der Waals surface area contributed by atoms with Crippen LogP contribution in [0.3, 0.4) is 0 Å². The Morgan fingerprint density at radius 2 is 1.45 bits per heavy atom. The van der Waals surface area contributed by atoms with Crippen LogP contribution in [0.2, 0.25) is 0 Å². The Morgan fingerprint density at radius 1 is 0.800 bits per heavy atom. The molecule has 40 heavy (non-hydrogen) atoms. The summed E-state index contributed by atoms with van der Waals surface area (Å²) in [5.41, 5.74) is 0.985. The van der Waals surface area contributed by atoms with E-state index in [-0.39, 0.29) is 6.10 Å². The highest BCUT2D eigenvalue weighted by Gasteiger charge is 2.37. The lowest BCUT2D eigenvalue weighted by Crippen LogP contribution is -2.31. The normalized spacial score (nSPS) is 15.4. The van der Waals surface area contributed by atoms with Gasteiger partial charge in [-0.1, -0.05) is 36.4 Å². The number of methoxy groups -OCH3 is 3. The lowest BCUT2D eigenvalue weighted by Gasteiger charge is -2.28. The first-order valence-electron chi connectivity index (χ1n) is 13.6. The standard InChI is InChI=1S/C33H37NO6/c1-36-27-13-9-25(10-14-27)33(35,26-11-15-28(37-2)16-12-26)32-18-17-31(40-32)23-34(22-30-8-5-19-39-30)21-24-6-4-7-29(20-24)38-3/h4,6-7,9-18,20,30,35H,5,8,19,21-23H2,1-3H3/t30-/m0/s1. The van der Waals surface area contributed by atoms with E-state index in [0.717, 1.165) is 43.1 Å². The first-order chi connectivity index (χ1) is 19.5. The molecule has 7 heteroatoms. The topological polar surface area (TPSA) is 73.5 Å². The highest BCUT2D eigenvalue weighted by Crippen LogP contribution is 2.39. The molecular weight excluding hydrogens is 506 g/mol. The predicted octanol–water partition coefficient (Wildman–Crippen LogP) is 5.77. The van der Waals surface area contributed by atoms with Gasteiger partial charge >= 0.3 is 0 Å². The minimum absolute atomic E-state index is 0.190. The smallest absolute Gasteiger partial charge is 0.173 e. The van der Waals surface area contributed by atoms with Crippen LogP contribution >= 0.6 is 0 Å². The maximum atomic E-state index is 12.3. The van der Waals surface area contributed by atoms with E-state index in [9.17, 15) is 5.11 Å². The molecule has 7 nitrogen and oxygen atoms in total. The largest absolute Gasteiger partial charge is 0.497 e. The first-order valence-corrected chi connectivity index (χ1v) is 13.6. The van der Waals surface area contributed by atoms with Crippen molar-refractivity contribution in [2.45, 2.75) is 37.6 Å². The molecule has 0 saturated carbocycles. The second-order valence-corrected chi connectivity index (χ2v) is 10.1. The van der Waals surface area contributed by atoms with Gasteiger partial charge in [0.2, 0.25) is 0 Å². The van der Waals surface area contributed by atoms with Crippen molar-refractivity contribution in [1.29, 1.82) is 0 Å². The highest BCUT2D eigenvalue weighted by molar-refractivity contribution is 5.46. The van der Waals surface area contributed by atoms with Crippen molar-refractivity contribution in [2.75, 3.05) is 34.5 Å². The molecule has 3 aromatic carbocycles. The van der Waals surface area contributed by atoms with Crippen molar-refractivity contribution in [3.63, 3.8) is 0 Å². The quantitative estimate of drug-likeness (QED) is 0.243. The molecule has 1 aliphatic heterocycles. The molecule has 5 rings (SSSR count). The van der Waals surface area contributed by atoms with Crippen LogP contribution in [0.15, 0.2) is 89.3 Å². The molecule has 1 fully saturated rings. The Morgan fingerprint density at radius 3 is 2.02 bits per heavy atom. The summed E-state index contributed by atoms with van der Waals surface area (Å²) >= 11 is 0. The van der Waals surface area contributed by atoms with E-state index in [4.69, 9.17) is 23.4 Å². The molecule has 1 aromatic heterocycles. The monoisotopic (exact) mass is 543 g/mol. The lowest BCUT2D eigenvalue weighted by atomic mass is 9.84. The van der Waals surface area contributed by atoms with Crippen molar-refractivity contribution in [3.05, 3.63) is 113 Å². The number of hydrogen-bond acceptors (Lipinski definition) is 7. The minimum atomic E-state index is -1.51. The second kappa shape index (κ2) is 12.6. The van der Waals surface area contributed by atoms with Crippen molar-refractivity contribution >= 4 is 0 Å². The third-order valence-corrected chi connectivity index (χ3v) is 7.44. The molecule has 1 aliphatic rings. The van der Waals surface area contributed by atoms with Crippen LogP contribution in [-0.2, 0) is 23.4 Å². The second-order valence-electron chi connectivity index (χ2n) is 10.1. The Kier molecular flexibility index (Phi) is 8.75. The third-order valence-electron chi connectivity index (χ3n) is 7.44. The molecule has 4 aromatic rings. The van der Waals surface area contributed by atoms with E-state index < -0.39 is 5.60 Å². The van der Waals surface area contributed by atoms with Gasteiger partial charge in [0.05, 0.1) is 34.0 Å². The molecule has 0 bridgehead atoms. The Bertz CT molecular complexity index is 1310. The van der Waals surface area contributed by atoms with Gasteiger partial charge in [0.1, 0.15) is 28.8 Å². The zero-order valence-electron chi connectivity index (χ0n) is 23.3. The highest BCUT2D eigenvalue weighted by atomic mass is 16.5. The van der Waals surface area contributed by atoms with Gasteiger partial charge in [0, 0.05) is 19.7 Å². The van der Waals surface area contributed by atoms with E-state index in [1.807, 2.05) is 72.8 Å². The molecule has 0 amide bonds. The van der Waals surface area contributed by atoms with Crippen LogP contribution in [0.25, 0.3) is 0 Å². The van der Waals surface area contributed by atoms with Gasteiger partial charge in [-0.15, -0.1) is 0 Å². The van der Waals surface area contributed by atoms with Gasteiger partial charge in [0.25, 0.3) is 0 Å². The molecule has 0 spiro atoms. The van der Waals surface area contributed by atoms with Gasteiger partial charge in [-0.3, -0.25) is 4.90 Å². The van der Waals surface area contributed by atoms with Crippen LogP contribution in [0.5, 0.6) is 17.2 Å². The lowest BCUT2D eigenvalue weighted by molar-refractivity contribution is 0.0629. The summed E-state index contributed by atoms with van der Waals surface area (Å²) in [7, 11) is 4.93. The Labute approximate surface area is 235 Å². The van der Waals surface area contributed by atoms with E-state index >= 15 is 0 Å². The van der Waals surface area contributed by atoms with Crippen molar-refractivity contribution in [1.82, 2.24) is 4.90 Å². The van der Waals surface area contributed by atoms with Crippen LogP contribution in [-0.4, -0.2) is 50.6 Å². The Balaban J connectivity index is 1.45. The van der Waals surface area contributed by atoms with E-state index in [1.54, 1.807) is 21.3 Å². The van der Waals surface area contributed by atoms with E-state index in [0.29, 0.717) is 41.5 Å². The van der Waals surface area contributed by atoms with E-state index in [2.05, 4.69) is 17.0 Å². The maximum Gasteiger partial charge on any atom is 0.173 e. The van der Waals surface area contributed by atoms with Crippen molar-refractivity contribution < 1.29 is 28.5 Å². The summed E-state index contributed by atoms with van der Waals surface area (Å²) in [6.07, 6.45) is 2.32. The molecule has 2 heterocycles. The van der Waals surface area contributed by atoms with Gasteiger partial charge in [-0.25, -0.2) is 0 Å². The van der Waals surface area contributed by atoms with Gasteiger partial charge in [0.15, 0.2) is 5.60 Å². The van der Waals surface area contributed by atoms with Gasteiger partial charge in [-0.2, -0.15) is 0 Å². The number of furan rings is 1. The average molecular weight is 544 g/mol. The molecular formula is C33H37NO6. The maximum absolute atomic E-state index is 12.3. The average Bonchev–Trinajstić information content (AvgIpc) is 3.70. The number of benzene rings is 3. The van der Waals surface area contributed by atoms with Gasteiger partial charge in [-0.05, 0) is 78.1 Å². The number of rotatable bonds is 12. The van der Waals surface area contributed by atoms with Crippen LogP contribution in [0.1, 0.15) is 41.1 Å². The summed E-state index contributed by atoms with van der Waals surface area (Å²) in [5, 5.41) is 12.3. The first kappa shape index (κ1) is 27.8. The number of ether oxygens (including phenoxy) is 4. The number of nitrogens with zero attached hydrogens (tertiary/aromatic N) is 1. The molecule has 0 radical (unpaired) electrons. The summed E-state index contributed by atoms with van der Waals surface area (Å²) in [6, 6.07) is 26.7.